The van der Waals surface area contributed by atoms with Gasteiger partial charge in [0.15, 0.2) is 0 Å². The highest BCUT2D eigenvalue weighted by Gasteiger charge is 2.63. The fraction of sp³-hybridized carbons (Fsp3) is 1.00. The first-order chi connectivity index (χ1) is 9.35. The Morgan fingerprint density at radius 2 is 1.70 bits per heavy atom. The van der Waals surface area contributed by atoms with Crippen LogP contribution in [0.2, 0.25) is 0 Å². The molecule has 0 heterocycles. The summed E-state index contributed by atoms with van der Waals surface area (Å²) in [5.41, 5.74) is 0.840. The molecule has 118 valence electrons. The fourth-order valence-corrected chi connectivity index (χ4v) is 3.78. The number of hydrogen-bond donors (Lipinski definition) is 2. The third-order valence-corrected chi connectivity index (χ3v) is 6.12. The van der Waals surface area contributed by atoms with Crippen LogP contribution < -0.4 is 5.32 Å². The summed E-state index contributed by atoms with van der Waals surface area (Å²) < 4.78 is 5.81. The average Bonchev–Trinajstić information content (AvgIpc) is 2.80. The van der Waals surface area contributed by atoms with Crippen molar-refractivity contribution in [2.75, 3.05) is 19.7 Å². The second-order valence-corrected chi connectivity index (χ2v) is 7.90. The molecule has 0 spiro atoms. The van der Waals surface area contributed by atoms with Crippen molar-refractivity contribution in [3.8, 4) is 0 Å². The molecule has 2 saturated carbocycles. The summed E-state index contributed by atoms with van der Waals surface area (Å²) in [7, 11) is 0. The van der Waals surface area contributed by atoms with E-state index in [9.17, 15) is 5.11 Å². The van der Waals surface area contributed by atoms with Crippen LogP contribution in [0.25, 0.3) is 0 Å². The summed E-state index contributed by atoms with van der Waals surface area (Å²) in [6.45, 7) is 11.5. The molecule has 1 unspecified atom stereocenters. The maximum atomic E-state index is 9.99. The Bertz CT molecular complexity index is 294. The Kier molecular flexibility index (Phi) is 5.14. The van der Waals surface area contributed by atoms with Gasteiger partial charge in [-0.3, -0.25) is 0 Å². The average molecular weight is 283 g/mol. The number of aliphatic hydroxyl groups is 1. The lowest BCUT2D eigenvalue weighted by molar-refractivity contribution is -0.0230. The molecular weight excluding hydrogens is 250 g/mol. The van der Waals surface area contributed by atoms with Crippen LogP contribution >= 0.6 is 0 Å². The first-order valence-electron chi connectivity index (χ1n) is 8.36. The molecule has 2 N–H and O–H groups in total. The van der Waals surface area contributed by atoms with Crippen LogP contribution in [0.3, 0.4) is 0 Å². The van der Waals surface area contributed by atoms with E-state index in [2.05, 4.69) is 33.0 Å². The number of hydrogen-bond acceptors (Lipinski definition) is 3. The van der Waals surface area contributed by atoms with Gasteiger partial charge in [-0.05, 0) is 36.1 Å². The van der Waals surface area contributed by atoms with Crippen molar-refractivity contribution in [2.45, 2.75) is 72.0 Å². The van der Waals surface area contributed by atoms with Gasteiger partial charge in [0.25, 0.3) is 0 Å². The molecule has 2 aliphatic carbocycles. The van der Waals surface area contributed by atoms with Gasteiger partial charge in [0.2, 0.25) is 0 Å². The topological polar surface area (TPSA) is 41.5 Å². The van der Waals surface area contributed by atoms with Crippen LogP contribution in [-0.2, 0) is 4.74 Å². The molecule has 0 aliphatic heterocycles. The van der Waals surface area contributed by atoms with Crippen molar-refractivity contribution in [2.24, 2.45) is 16.7 Å². The van der Waals surface area contributed by atoms with E-state index in [1.54, 1.807) is 0 Å². The molecule has 20 heavy (non-hydrogen) atoms. The maximum Gasteiger partial charge on any atom is 0.0897 e. The van der Waals surface area contributed by atoms with Crippen LogP contribution in [0.1, 0.15) is 59.8 Å². The minimum atomic E-state index is -0.373. The largest absolute Gasteiger partial charge is 0.389 e. The van der Waals surface area contributed by atoms with Crippen molar-refractivity contribution in [1.29, 1.82) is 0 Å². The molecule has 1 atom stereocenters. The highest BCUT2D eigenvalue weighted by molar-refractivity contribution is 5.12. The molecule has 2 fully saturated rings. The molecule has 2 aliphatic rings. The van der Waals surface area contributed by atoms with Gasteiger partial charge in [-0.1, -0.05) is 47.0 Å². The predicted molar refractivity (Wildman–Crippen MR) is 82.8 cm³/mol. The monoisotopic (exact) mass is 283 g/mol. The zero-order valence-electron chi connectivity index (χ0n) is 13.7. The van der Waals surface area contributed by atoms with Crippen molar-refractivity contribution in [1.82, 2.24) is 5.32 Å². The van der Waals surface area contributed by atoms with Crippen LogP contribution in [0, 0.1) is 16.7 Å². The second kappa shape index (κ2) is 6.33. The molecule has 0 saturated heterocycles. The van der Waals surface area contributed by atoms with E-state index in [4.69, 9.17) is 4.74 Å². The molecule has 3 heteroatoms. The van der Waals surface area contributed by atoms with Gasteiger partial charge in [0.05, 0.1) is 18.8 Å². The van der Waals surface area contributed by atoms with Gasteiger partial charge in [-0.15, -0.1) is 0 Å². The van der Waals surface area contributed by atoms with Gasteiger partial charge in [0.1, 0.15) is 0 Å². The molecule has 0 bridgehead atoms. The fourth-order valence-electron chi connectivity index (χ4n) is 3.78. The molecule has 2 rings (SSSR count). The zero-order chi connectivity index (χ0) is 14.8. The Hall–Kier alpha value is -0.120. The smallest absolute Gasteiger partial charge is 0.0897 e. The van der Waals surface area contributed by atoms with E-state index in [0.717, 1.165) is 6.54 Å². The van der Waals surface area contributed by atoms with Crippen LogP contribution in [0.5, 0.6) is 0 Å². The van der Waals surface area contributed by atoms with Crippen LogP contribution in [0.15, 0.2) is 0 Å². The molecule has 0 aromatic carbocycles. The number of nitrogens with one attached hydrogen (secondary N) is 1. The van der Waals surface area contributed by atoms with Gasteiger partial charge < -0.3 is 15.2 Å². The van der Waals surface area contributed by atoms with Crippen LogP contribution in [0.4, 0.5) is 0 Å². The summed E-state index contributed by atoms with van der Waals surface area (Å²) in [6, 6.07) is 0. The van der Waals surface area contributed by atoms with Crippen molar-refractivity contribution >= 4 is 0 Å². The zero-order valence-corrected chi connectivity index (χ0v) is 13.7. The van der Waals surface area contributed by atoms with E-state index in [1.807, 2.05) is 0 Å². The Morgan fingerprint density at radius 1 is 1.10 bits per heavy atom. The molecule has 0 aromatic heterocycles. The minimum Gasteiger partial charge on any atom is -0.389 e. The third-order valence-electron chi connectivity index (χ3n) is 6.12. The van der Waals surface area contributed by atoms with Gasteiger partial charge in [0, 0.05) is 6.54 Å². The van der Waals surface area contributed by atoms with E-state index in [1.165, 1.54) is 32.1 Å². The quantitative estimate of drug-likeness (QED) is 0.755. The van der Waals surface area contributed by atoms with Gasteiger partial charge >= 0.3 is 0 Å². The summed E-state index contributed by atoms with van der Waals surface area (Å²) >= 11 is 0. The Morgan fingerprint density at radius 3 is 2.25 bits per heavy atom. The van der Waals surface area contributed by atoms with E-state index >= 15 is 0 Å². The summed E-state index contributed by atoms with van der Waals surface area (Å²) in [6.07, 6.45) is 6.27. The Balaban J connectivity index is 1.55. The highest BCUT2D eigenvalue weighted by atomic mass is 16.5. The SMILES string of the molecule is CC1(C)C(CNCC(O)COC2CCCCC2)C1(C)C. The van der Waals surface area contributed by atoms with E-state index < -0.39 is 0 Å². The standard InChI is InChI=1S/C17H33NO2/c1-16(2)15(17(16,3)4)11-18-10-13(19)12-20-14-8-6-5-7-9-14/h13-15,18-19H,5-12H2,1-4H3. The highest BCUT2D eigenvalue weighted by Crippen LogP contribution is 2.67. The predicted octanol–water partition coefficient (Wildman–Crippen LogP) is 2.97. The number of rotatable bonds is 7. The van der Waals surface area contributed by atoms with Gasteiger partial charge in [-0.25, -0.2) is 0 Å². The van der Waals surface area contributed by atoms with Crippen molar-refractivity contribution in [3.05, 3.63) is 0 Å². The lowest BCUT2D eigenvalue weighted by atomic mass is 9.98. The first kappa shape index (κ1) is 16.3. The number of ether oxygens (including phenoxy) is 1. The first-order valence-corrected chi connectivity index (χ1v) is 8.36. The molecule has 3 nitrogen and oxygen atoms in total. The summed E-state index contributed by atoms with van der Waals surface area (Å²) in [4.78, 5) is 0. The third kappa shape index (κ3) is 3.55. The second-order valence-electron chi connectivity index (χ2n) is 7.90. The van der Waals surface area contributed by atoms with E-state index in [0.29, 0.717) is 36.0 Å². The van der Waals surface area contributed by atoms with Crippen molar-refractivity contribution in [3.63, 3.8) is 0 Å². The minimum absolute atomic E-state index is 0.373. The molecule has 0 aromatic rings. The molecule has 0 radical (unpaired) electrons. The maximum absolute atomic E-state index is 9.99. The normalized spacial score (nSPS) is 27.4. The van der Waals surface area contributed by atoms with E-state index in [-0.39, 0.29) is 6.10 Å². The number of aliphatic hydroxyl groups excluding tert-OH is 1. The molecule has 0 amide bonds. The lowest BCUT2D eigenvalue weighted by Gasteiger charge is -2.23. The summed E-state index contributed by atoms with van der Waals surface area (Å²) in [5, 5.41) is 13.4. The lowest BCUT2D eigenvalue weighted by Crippen LogP contribution is -2.34. The van der Waals surface area contributed by atoms with Gasteiger partial charge in [-0.2, -0.15) is 0 Å². The van der Waals surface area contributed by atoms with Crippen molar-refractivity contribution < 1.29 is 9.84 Å². The Labute approximate surface area is 124 Å². The van der Waals surface area contributed by atoms with Crippen LogP contribution in [-0.4, -0.2) is 37.0 Å². The summed E-state index contributed by atoms with van der Waals surface area (Å²) in [5.74, 6) is 0.710. The molecular formula is C17H33NO2.